The molecule has 0 saturated heterocycles. The summed E-state index contributed by atoms with van der Waals surface area (Å²) in [4.78, 5) is 0. The topological polar surface area (TPSA) is 35.2 Å². The first-order valence-electron chi connectivity index (χ1n) is 6.32. The SMILES string of the molecule is CCC(N)C(Oc1ccc(F)c(C)c1)c1ccsc1. The van der Waals surface area contributed by atoms with Gasteiger partial charge in [0.2, 0.25) is 0 Å². The van der Waals surface area contributed by atoms with Crippen LogP contribution in [0.4, 0.5) is 4.39 Å². The molecule has 0 aliphatic rings. The summed E-state index contributed by atoms with van der Waals surface area (Å²) in [5.74, 6) is 0.429. The van der Waals surface area contributed by atoms with Crippen LogP contribution in [-0.2, 0) is 0 Å². The molecule has 0 saturated carbocycles. The van der Waals surface area contributed by atoms with Gasteiger partial charge in [-0.1, -0.05) is 6.92 Å². The van der Waals surface area contributed by atoms with Crippen molar-refractivity contribution in [2.75, 3.05) is 0 Å². The van der Waals surface area contributed by atoms with E-state index < -0.39 is 0 Å². The van der Waals surface area contributed by atoms with Gasteiger partial charge in [-0.15, -0.1) is 0 Å². The minimum atomic E-state index is -0.223. The molecule has 0 spiro atoms. The van der Waals surface area contributed by atoms with Gasteiger partial charge in [0.05, 0.1) is 0 Å². The summed E-state index contributed by atoms with van der Waals surface area (Å²) < 4.78 is 19.2. The third-order valence-electron chi connectivity index (χ3n) is 3.12. The van der Waals surface area contributed by atoms with E-state index in [1.54, 1.807) is 30.4 Å². The molecule has 2 nitrogen and oxygen atoms in total. The van der Waals surface area contributed by atoms with Crippen LogP contribution in [0, 0.1) is 12.7 Å². The van der Waals surface area contributed by atoms with Gasteiger partial charge in [0.25, 0.3) is 0 Å². The lowest BCUT2D eigenvalue weighted by atomic mass is 10.0. The highest BCUT2D eigenvalue weighted by Gasteiger charge is 2.21. The molecule has 1 aromatic carbocycles. The Balaban J connectivity index is 2.23. The second-order valence-corrected chi connectivity index (χ2v) is 5.36. The lowest BCUT2D eigenvalue weighted by Gasteiger charge is -2.24. The summed E-state index contributed by atoms with van der Waals surface area (Å²) in [5.41, 5.74) is 7.78. The lowest BCUT2D eigenvalue weighted by Crippen LogP contribution is -2.31. The van der Waals surface area contributed by atoms with Gasteiger partial charge in [-0.2, -0.15) is 11.3 Å². The van der Waals surface area contributed by atoms with Crippen molar-refractivity contribution >= 4 is 11.3 Å². The standard InChI is InChI=1S/C15H18FNOS/c1-3-14(17)15(11-6-7-19-9-11)18-12-4-5-13(16)10(2)8-12/h4-9,14-15H,3,17H2,1-2H3. The van der Waals surface area contributed by atoms with Crippen molar-refractivity contribution in [3.8, 4) is 5.75 Å². The highest BCUT2D eigenvalue weighted by Crippen LogP contribution is 2.28. The van der Waals surface area contributed by atoms with Crippen LogP contribution in [0.5, 0.6) is 5.75 Å². The number of ether oxygens (including phenoxy) is 1. The van der Waals surface area contributed by atoms with E-state index in [1.807, 2.05) is 23.8 Å². The Morgan fingerprint density at radius 3 is 2.74 bits per heavy atom. The van der Waals surface area contributed by atoms with Gasteiger partial charge in [-0.3, -0.25) is 0 Å². The molecule has 0 bridgehead atoms. The maximum Gasteiger partial charge on any atom is 0.140 e. The molecule has 2 N–H and O–H groups in total. The van der Waals surface area contributed by atoms with Gasteiger partial charge in [0.15, 0.2) is 0 Å². The minimum Gasteiger partial charge on any atom is -0.484 e. The monoisotopic (exact) mass is 279 g/mol. The predicted molar refractivity (Wildman–Crippen MR) is 77.1 cm³/mol. The summed E-state index contributed by atoms with van der Waals surface area (Å²) in [6.07, 6.45) is 0.627. The second kappa shape index (κ2) is 6.17. The average Bonchev–Trinajstić information content (AvgIpc) is 2.93. The number of halogens is 1. The molecule has 2 rings (SSSR count). The van der Waals surface area contributed by atoms with E-state index in [1.165, 1.54) is 6.07 Å². The molecule has 19 heavy (non-hydrogen) atoms. The van der Waals surface area contributed by atoms with E-state index in [0.29, 0.717) is 11.3 Å². The number of aryl methyl sites for hydroxylation is 1. The Kier molecular flexibility index (Phi) is 4.56. The number of benzene rings is 1. The smallest absolute Gasteiger partial charge is 0.140 e. The van der Waals surface area contributed by atoms with Crippen LogP contribution in [0.2, 0.25) is 0 Å². The third kappa shape index (κ3) is 3.33. The first-order chi connectivity index (χ1) is 9.11. The zero-order valence-electron chi connectivity index (χ0n) is 11.1. The highest BCUT2D eigenvalue weighted by atomic mass is 32.1. The van der Waals surface area contributed by atoms with Gasteiger partial charge in [0, 0.05) is 11.6 Å². The molecule has 0 amide bonds. The number of hydrogen-bond donors (Lipinski definition) is 1. The maximum absolute atomic E-state index is 13.3. The second-order valence-electron chi connectivity index (χ2n) is 4.58. The fraction of sp³-hybridized carbons (Fsp3) is 0.333. The van der Waals surface area contributed by atoms with Crippen LogP contribution in [0.3, 0.4) is 0 Å². The molecule has 1 heterocycles. The van der Waals surface area contributed by atoms with Crippen LogP contribution in [0.1, 0.15) is 30.6 Å². The molecular formula is C15H18FNOS. The molecule has 0 aliphatic carbocycles. The lowest BCUT2D eigenvalue weighted by molar-refractivity contribution is 0.171. The molecule has 0 aliphatic heterocycles. The summed E-state index contributed by atoms with van der Waals surface area (Å²) >= 11 is 1.62. The first kappa shape index (κ1) is 14.0. The van der Waals surface area contributed by atoms with E-state index in [-0.39, 0.29) is 18.0 Å². The molecule has 1 aromatic heterocycles. The van der Waals surface area contributed by atoms with E-state index in [0.717, 1.165) is 12.0 Å². The number of thiophene rings is 1. The number of nitrogens with two attached hydrogens (primary N) is 1. The number of rotatable bonds is 5. The molecule has 2 aromatic rings. The van der Waals surface area contributed by atoms with Crippen LogP contribution in [-0.4, -0.2) is 6.04 Å². The largest absolute Gasteiger partial charge is 0.484 e. The van der Waals surface area contributed by atoms with Crippen molar-refractivity contribution in [1.29, 1.82) is 0 Å². The third-order valence-corrected chi connectivity index (χ3v) is 3.83. The zero-order chi connectivity index (χ0) is 13.8. The Labute approximate surface area is 117 Å². The van der Waals surface area contributed by atoms with E-state index in [2.05, 4.69) is 0 Å². The van der Waals surface area contributed by atoms with Gasteiger partial charge in [-0.25, -0.2) is 4.39 Å². The summed E-state index contributed by atoms with van der Waals surface area (Å²) in [6.45, 7) is 3.75. The Morgan fingerprint density at radius 1 is 1.37 bits per heavy atom. The van der Waals surface area contributed by atoms with Crippen LogP contribution >= 0.6 is 11.3 Å². The van der Waals surface area contributed by atoms with E-state index in [4.69, 9.17) is 10.5 Å². The molecule has 0 radical (unpaired) electrons. The van der Waals surface area contributed by atoms with Crippen molar-refractivity contribution in [2.24, 2.45) is 5.73 Å². The van der Waals surface area contributed by atoms with Crippen molar-refractivity contribution in [2.45, 2.75) is 32.4 Å². The van der Waals surface area contributed by atoms with Gasteiger partial charge in [-0.05, 0) is 53.9 Å². The minimum absolute atomic E-state index is 0.0834. The van der Waals surface area contributed by atoms with Crippen molar-refractivity contribution in [3.05, 3.63) is 52.0 Å². The predicted octanol–water partition coefficient (Wildman–Crippen LogP) is 4.05. The molecule has 2 atom stereocenters. The van der Waals surface area contributed by atoms with E-state index >= 15 is 0 Å². The summed E-state index contributed by atoms with van der Waals surface area (Å²) in [5, 5.41) is 4.04. The van der Waals surface area contributed by atoms with Crippen molar-refractivity contribution < 1.29 is 9.13 Å². The first-order valence-corrected chi connectivity index (χ1v) is 7.26. The molecule has 4 heteroatoms. The number of hydrogen-bond acceptors (Lipinski definition) is 3. The van der Waals surface area contributed by atoms with Crippen LogP contribution in [0.15, 0.2) is 35.0 Å². The Hall–Kier alpha value is -1.39. The average molecular weight is 279 g/mol. The van der Waals surface area contributed by atoms with Gasteiger partial charge in [0.1, 0.15) is 17.7 Å². The normalized spacial score (nSPS) is 14.1. The Morgan fingerprint density at radius 2 is 2.16 bits per heavy atom. The fourth-order valence-electron chi connectivity index (χ4n) is 1.89. The van der Waals surface area contributed by atoms with Crippen molar-refractivity contribution in [3.63, 3.8) is 0 Å². The van der Waals surface area contributed by atoms with E-state index in [9.17, 15) is 4.39 Å². The molecular weight excluding hydrogens is 261 g/mol. The molecule has 102 valence electrons. The van der Waals surface area contributed by atoms with Gasteiger partial charge >= 0.3 is 0 Å². The fourth-order valence-corrected chi connectivity index (χ4v) is 2.57. The zero-order valence-corrected chi connectivity index (χ0v) is 11.9. The molecule has 0 fully saturated rings. The van der Waals surface area contributed by atoms with Crippen LogP contribution < -0.4 is 10.5 Å². The van der Waals surface area contributed by atoms with Crippen molar-refractivity contribution in [1.82, 2.24) is 0 Å². The van der Waals surface area contributed by atoms with Crippen LogP contribution in [0.25, 0.3) is 0 Å². The quantitative estimate of drug-likeness (QED) is 0.896. The summed E-state index contributed by atoms with van der Waals surface area (Å²) in [7, 11) is 0. The van der Waals surface area contributed by atoms with Gasteiger partial charge < -0.3 is 10.5 Å². The maximum atomic E-state index is 13.3. The highest BCUT2D eigenvalue weighted by molar-refractivity contribution is 7.07. The molecule has 2 unspecified atom stereocenters. The summed E-state index contributed by atoms with van der Waals surface area (Å²) in [6, 6.07) is 6.70. The Bertz CT molecular complexity index is 527.